The highest BCUT2D eigenvalue weighted by molar-refractivity contribution is 6.00. The highest BCUT2D eigenvalue weighted by Gasteiger charge is 2.19. The first-order valence-electron chi connectivity index (χ1n) is 5.21. The summed E-state index contributed by atoms with van der Waals surface area (Å²) in [6.45, 7) is 2.55. The minimum absolute atomic E-state index is 0.255. The van der Waals surface area contributed by atoms with Crippen LogP contribution in [0.3, 0.4) is 0 Å². The van der Waals surface area contributed by atoms with Crippen molar-refractivity contribution in [1.29, 1.82) is 0 Å². The number of aryl methyl sites for hydroxylation is 1. The number of benzene rings is 1. The summed E-state index contributed by atoms with van der Waals surface area (Å²) in [7, 11) is 0. The molecule has 1 aromatic rings. The van der Waals surface area contributed by atoms with E-state index in [2.05, 4.69) is 0 Å². The molecule has 2 rings (SSSR count). The van der Waals surface area contributed by atoms with Gasteiger partial charge in [-0.25, -0.2) is 0 Å². The van der Waals surface area contributed by atoms with Crippen LogP contribution in [0.5, 0.6) is 5.75 Å². The molecule has 2 heteroatoms. The number of hydrogen-bond acceptors (Lipinski definition) is 2. The second-order valence-corrected chi connectivity index (χ2v) is 3.62. The fourth-order valence-electron chi connectivity index (χ4n) is 1.76. The van der Waals surface area contributed by atoms with Crippen LogP contribution in [0.4, 0.5) is 0 Å². The van der Waals surface area contributed by atoms with E-state index in [-0.39, 0.29) is 5.78 Å². The van der Waals surface area contributed by atoms with Crippen LogP contribution >= 0.6 is 0 Å². The summed E-state index contributed by atoms with van der Waals surface area (Å²) in [5.74, 6) is 1.10. The zero-order chi connectivity index (χ0) is 10.7. The first-order chi connectivity index (χ1) is 7.31. The van der Waals surface area contributed by atoms with Crippen LogP contribution in [0.25, 0.3) is 0 Å². The maximum atomic E-state index is 11.4. The van der Waals surface area contributed by atoms with Gasteiger partial charge in [-0.2, -0.15) is 0 Å². The van der Waals surface area contributed by atoms with Crippen LogP contribution < -0.4 is 4.74 Å². The summed E-state index contributed by atoms with van der Waals surface area (Å²) >= 11 is 0. The van der Waals surface area contributed by atoms with Crippen LogP contribution in [-0.4, -0.2) is 12.4 Å². The van der Waals surface area contributed by atoms with E-state index in [1.165, 1.54) is 0 Å². The lowest BCUT2D eigenvalue weighted by Gasteiger charge is -2.04. The Hall–Kier alpha value is -1.57. The SMILES string of the molecule is C/C=C/COc1ccc2c(c1)CCC2=O. The zero-order valence-electron chi connectivity index (χ0n) is 8.82. The third-order valence-electron chi connectivity index (χ3n) is 2.58. The molecule has 0 bridgehead atoms. The van der Waals surface area contributed by atoms with Crippen LogP contribution in [0.1, 0.15) is 29.3 Å². The van der Waals surface area contributed by atoms with Gasteiger partial charge in [-0.1, -0.05) is 12.2 Å². The van der Waals surface area contributed by atoms with Crippen molar-refractivity contribution in [1.82, 2.24) is 0 Å². The Morgan fingerprint density at radius 3 is 3.07 bits per heavy atom. The Kier molecular flexibility index (Phi) is 2.86. The van der Waals surface area contributed by atoms with Crippen molar-refractivity contribution in [3.63, 3.8) is 0 Å². The summed E-state index contributed by atoms with van der Waals surface area (Å²) in [5, 5.41) is 0. The average Bonchev–Trinajstić information content (AvgIpc) is 2.61. The first kappa shape index (κ1) is 9.97. The first-order valence-corrected chi connectivity index (χ1v) is 5.21. The van der Waals surface area contributed by atoms with E-state index in [1.54, 1.807) is 0 Å². The summed E-state index contributed by atoms with van der Waals surface area (Å²) in [5.41, 5.74) is 1.99. The molecule has 1 aliphatic carbocycles. The normalized spacial score (nSPS) is 14.6. The number of ketones is 1. The molecular weight excluding hydrogens is 188 g/mol. The van der Waals surface area contributed by atoms with E-state index in [9.17, 15) is 4.79 Å². The summed E-state index contributed by atoms with van der Waals surface area (Å²) in [4.78, 5) is 11.4. The Bertz CT molecular complexity index is 405. The summed E-state index contributed by atoms with van der Waals surface area (Å²) in [6, 6.07) is 5.71. The molecular formula is C13H14O2. The van der Waals surface area contributed by atoms with E-state index in [0.29, 0.717) is 13.0 Å². The van der Waals surface area contributed by atoms with Crippen molar-refractivity contribution >= 4 is 5.78 Å². The van der Waals surface area contributed by atoms with Gasteiger partial charge in [-0.15, -0.1) is 0 Å². The lowest BCUT2D eigenvalue weighted by Crippen LogP contribution is -1.95. The molecule has 0 heterocycles. The number of fused-ring (bicyclic) bond motifs is 1. The molecule has 0 aliphatic heterocycles. The number of Topliss-reactive ketones (excluding diaryl/α,β-unsaturated/α-hetero) is 1. The maximum Gasteiger partial charge on any atom is 0.163 e. The molecule has 2 nitrogen and oxygen atoms in total. The Labute approximate surface area is 89.6 Å². The molecule has 0 fully saturated rings. The average molecular weight is 202 g/mol. The van der Waals surface area contributed by atoms with Crippen molar-refractivity contribution in [2.45, 2.75) is 19.8 Å². The molecule has 0 amide bonds. The molecule has 0 radical (unpaired) electrons. The van der Waals surface area contributed by atoms with Crippen molar-refractivity contribution in [3.8, 4) is 5.75 Å². The fourth-order valence-corrected chi connectivity index (χ4v) is 1.76. The van der Waals surface area contributed by atoms with E-state index >= 15 is 0 Å². The molecule has 0 saturated carbocycles. The smallest absolute Gasteiger partial charge is 0.163 e. The molecule has 0 unspecified atom stereocenters. The molecule has 0 atom stereocenters. The molecule has 0 aromatic heterocycles. The Balaban J connectivity index is 2.12. The molecule has 0 N–H and O–H groups in total. The Morgan fingerprint density at radius 2 is 2.27 bits per heavy atom. The highest BCUT2D eigenvalue weighted by atomic mass is 16.5. The molecule has 1 aliphatic rings. The zero-order valence-corrected chi connectivity index (χ0v) is 8.82. The van der Waals surface area contributed by atoms with Crippen LogP contribution in [-0.2, 0) is 6.42 Å². The van der Waals surface area contributed by atoms with Crippen molar-refractivity contribution in [2.75, 3.05) is 6.61 Å². The highest BCUT2D eigenvalue weighted by Crippen LogP contribution is 2.25. The van der Waals surface area contributed by atoms with Gasteiger partial charge >= 0.3 is 0 Å². The molecule has 15 heavy (non-hydrogen) atoms. The number of ether oxygens (including phenoxy) is 1. The van der Waals surface area contributed by atoms with Crippen molar-refractivity contribution in [2.24, 2.45) is 0 Å². The van der Waals surface area contributed by atoms with Crippen LogP contribution in [0.15, 0.2) is 30.4 Å². The van der Waals surface area contributed by atoms with Gasteiger partial charge in [0.05, 0.1) is 0 Å². The maximum absolute atomic E-state index is 11.4. The van der Waals surface area contributed by atoms with Gasteiger partial charge in [0, 0.05) is 12.0 Å². The third kappa shape index (κ3) is 2.09. The minimum atomic E-state index is 0.255. The predicted molar refractivity (Wildman–Crippen MR) is 59.4 cm³/mol. The fraction of sp³-hybridized carbons (Fsp3) is 0.308. The van der Waals surface area contributed by atoms with Gasteiger partial charge in [0.1, 0.15) is 12.4 Å². The topological polar surface area (TPSA) is 26.3 Å². The van der Waals surface area contributed by atoms with Gasteiger partial charge in [0.2, 0.25) is 0 Å². The lowest BCUT2D eigenvalue weighted by molar-refractivity contribution is 0.0994. The molecule has 1 aromatic carbocycles. The third-order valence-corrected chi connectivity index (χ3v) is 2.58. The molecule has 78 valence electrons. The van der Waals surface area contributed by atoms with Crippen LogP contribution in [0, 0.1) is 0 Å². The van der Waals surface area contributed by atoms with Gasteiger partial charge in [0.25, 0.3) is 0 Å². The lowest BCUT2D eigenvalue weighted by atomic mass is 10.1. The molecule has 0 saturated heterocycles. The van der Waals surface area contributed by atoms with Crippen molar-refractivity contribution < 1.29 is 9.53 Å². The van der Waals surface area contributed by atoms with E-state index < -0.39 is 0 Å². The monoisotopic (exact) mass is 202 g/mol. The second kappa shape index (κ2) is 4.30. The molecule has 0 spiro atoms. The minimum Gasteiger partial charge on any atom is -0.490 e. The van der Waals surface area contributed by atoms with E-state index in [1.807, 2.05) is 37.3 Å². The number of carbonyl (C=O) groups excluding carboxylic acids is 1. The number of hydrogen-bond donors (Lipinski definition) is 0. The summed E-state index contributed by atoms with van der Waals surface area (Å²) < 4.78 is 5.51. The van der Waals surface area contributed by atoms with E-state index in [4.69, 9.17) is 4.74 Å². The standard InChI is InChI=1S/C13H14O2/c1-2-3-8-15-11-5-6-12-10(9-11)4-7-13(12)14/h2-3,5-6,9H,4,7-8H2,1H3/b3-2+. The Morgan fingerprint density at radius 1 is 1.40 bits per heavy atom. The van der Waals surface area contributed by atoms with Gasteiger partial charge in [-0.3, -0.25) is 4.79 Å². The van der Waals surface area contributed by atoms with Gasteiger partial charge in [0.15, 0.2) is 5.78 Å². The largest absolute Gasteiger partial charge is 0.490 e. The van der Waals surface area contributed by atoms with Gasteiger partial charge in [-0.05, 0) is 37.1 Å². The number of allylic oxidation sites excluding steroid dienone is 1. The number of rotatable bonds is 3. The van der Waals surface area contributed by atoms with Gasteiger partial charge < -0.3 is 4.74 Å². The summed E-state index contributed by atoms with van der Waals surface area (Å²) in [6.07, 6.45) is 5.41. The van der Waals surface area contributed by atoms with Crippen LogP contribution in [0.2, 0.25) is 0 Å². The van der Waals surface area contributed by atoms with Crippen molar-refractivity contribution in [3.05, 3.63) is 41.5 Å². The van der Waals surface area contributed by atoms with E-state index in [0.717, 1.165) is 23.3 Å². The quantitative estimate of drug-likeness (QED) is 0.704. The predicted octanol–water partition coefficient (Wildman–Crippen LogP) is 2.77. The number of carbonyl (C=O) groups is 1. The second-order valence-electron chi connectivity index (χ2n) is 3.62.